The maximum absolute atomic E-state index is 4.41. The average molecular weight is 471 g/mol. The van der Waals surface area contributed by atoms with Gasteiger partial charge in [-0.05, 0) is 10.9 Å². The van der Waals surface area contributed by atoms with Crippen LogP contribution in [0.2, 0.25) is 0 Å². The molecule has 2 aromatic rings. The number of rotatable bonds is 2. The van der Waals surface area contributed by atoms with Crippen LogP contribution in [0.3, 0.4) is 0 Å². The minimum absolute atomic E-state index is 0. The van der Waals surface area contributed by atoms with Gasteiger partial charge in [-0.25, -0.2) is 0 Å². The van der Waals surface area contributed by atoms with E-state index >= 15 is 0 Å². The van der Waals surface area contributed by atoms with E-state index in [-0.39, 0.29) is 14.3 Å². The van der Waals surface area contributed by atoms with Gasteiger partial charge >= 0.3 is 0 Å². The molecule has 1 heterocycles. The molecule has 1 aromatic carbocycles. The molecule has 1 radical (unpaired) electrons. The molecule has 0 fully saturated rings. The molecule has 0 saturated heterocycles. The van der Waals surface area contributed by atoms with Crippen LogP contribution in [-0.4, -0.2) is 0 Å². The SMILES string of the molecule is C=Cc1[n-]c2ccccc2c1C=C.CC.CC.[Am]. The summed E-state index contributed by atoms with van der Waals surface area (Å²) in [5.74, 6) is 0. The molecule has 1 nitrogen and oxygen atoms in total. The van der Waals surface area contributed by atoms with Crippen molar-refractivity contribution in [2.24, 2.45) is 0 Å². The van der Waals surface area contributed by atoms with Crippen LogP contribution in [0, 0.1) is 14.3 Å². The van der Waals surface area contributed by atoms with E-state index in [0.29, 0.717) is 0 Å². The summed E-state index contributed by atoms with van der Waals surface area (Å²) in [6.45, 7) is 15.5. The Labute approximate surface area is 119 Å². The van der Waals surface area contributed by atoms with Gasteiger partial charge in [-0.3, -0.25) is 0 Å². The van der Waals surface area contributed by atoms with Gasteiger partial charge in [0.2, 0.25) is 0 Å². The first-order valence-electron chi connectivity index (χ1n) is 6.17. The van der Waals surface area contributed by atoms with Crippen molar-refractivity contribution in [1.82, 2.24) is 4.98 Å². The maximum atomic E-state index is 4.41. The zero-order chi connectivity index (χ0) is 13.3. The van der Waals surface area contributed by atoms with E-state index in [0.717, 1.165) is 22.2 Å². The van der Waals surface area contributed by atoms with Crippen molar-refractivity contribution in [2.45, 2.75) is 27.7 Å². The Morgan fingerprint density at radius 1 is 0.944 bits per heavy atom. The minimum atomic E-state index is 0. The van der Waals surface area contributed by atoms with Crippen LogP contribution >= 0.6 is 0 Å². The zero-order valence-electron chi connectivity index (χ0n) is 11.7. The minimum Gasteiger partial charge on any atom is -0.657 e. The standard InChI is InChI=1S/C12H10N.2C2H6.Am/c1-3-9-10-7-5-6-8-12(10)13-11(9)4-2;2*1-2;/h3-8H,1-2H2;2*1-2H3;/q-1;;;. The molecule has 0 aliphatic heterocycles. The molecule has 0 spiro atoms. The monoisotopic (exact) mass is 469 g/mol. The normalized spacial score (nSPS) is 8.00. The van der Waals surface area contributed by atoms with Gasteiger partial charge in [0.25, 0.3) is 0 Å². The molecule has 0 bridgehead atoms. The summed E-state index contributed by atoms with van der Waals surface area (Å²) in [6, 6.07) is 8.03. The van der Waals surface area contributed by atoms with Crippen molar-refractivity contribution >= 4 is 23.1 Å². The van der Waals surface area contributed by atoms with E-state index in [1.54, 1.807) is 6.08 Å². The summed E-state index contributed by atoms with van der Waals surface area (Å²) >= 11 is 0. The molecule has 18 heavy (non-hydrogen) atoms. The van der Waals surface area contributed by atoms with Crippen LogP contribution in [0.25, 0.3) is 23.1 Å². The second-order valence-corrected chi connectivity index (χ2v) is 2.84. The van der Waals surface area contributed by atoms with Crippen molar-refractivity contribution < 1.29 is 14.3 Å². The molecule has 2 rings (SSSR count). The fourth-order valence-corrected chi connectivity index (χ4v) is 1.50. The van der Waals surface area contributed by atoms with Gasteiger partial charge in [0.1, 0.15) is 0 Å². The summed E-state index contributed by atoms with van der Waals surface area (Å²) in [6.07, 6.45) is 3.59. The van der Waals surface area contributed by atoms with Crippen LogP contribution in [0.4, 0.5) is 0 Å². The third-order valence-corrected chi connectivity index (χ3v) is 2.11. The van der Waals surface area contributed by atoms with Crippen molar-refractivity contribution in [3.05, 3.63) is 48.7 Å². The second kappa shape index (κ2) is 10.8. The Morgan fingerprint density at radius 2 is 1.50 bits per heavy atom. The van der Waals surface area contributed by atoms with Gasteiger partial charge in [0, 0.05) is 14.3 Å². The number of aromatic nitrogens is 1. The number of para-hydroxylation sites is 1. The van der Waals surface area contributed by atoms with E-state index in [4.69, 9.17) is 0 Å². The maximum Gasteiger partial charge on any atom is 0 e. The van der Waals surface area contributed by atoms with Crippen molar-refractivity contribution in [3.8, 4) is 0 Å². The van der Waals surface area contributed by atoms with Gasteiger partial charge in [-0.2, -0.15) is 0 Å². The van der Waals surface area contributed by atoms with Crippen LogP contribution in [0.1, 0.15) is 39.0 Å². The van der Waals surface area contributed by atoms with Crippen molar-refractivity contribution in [3.63, 3.8) is 0 Å². The first kappa shape index (κ1) is 19.0. The summed E-state index contributed by atoms with van der Waals surface area (Å²) in [7, 11) is 0. The summed E-state index contributed by atoms with van der Waals surface area (Å²) < 4.78 is 0. The topological polar surface area (TPSA) is 14.1 Å². The predicted molar refractivity (Wildman–Crippen MR) is 80.1 cm³/mol. The second-order valence-electron chi connectivity index (χ2n) is 2.84. The first-order valence-corrected chi connectivity index (χ1v) is 6.17. The van der Waals surface area contributed by atoms with Crippen LogP contribution in [0.5, 0.6) is 0 Å². The van der Waals surface area contributed by atoms with E-state index in [2.05, 4.69) is 18.1 Å². The van der Waals surface area contributed by atoms with Gasteiger partial charge in [-0.15, -0.1) is 17.8 Å². The van der Waals surface area contributed by atoms with E-state index in [1.165, 1.54) is 0 Å². The molecule has 0 amide bonds. The fraction of sp³-hybridized carbons (Fsp3) is 0.250. The van der Waals surface area contributed by atoms with Gasteiger partial charge in [-0.1, -0.05) is 70.7 Å². The molecule has 0 aliphatic carbocycles. The molecule has 0 N–H and O–H groups in total. The quantitative estimate of drug-likeness (QED) is 0.592. The molecule has 0 unspecified atom stereocenters. The van der Waals surface area contributed by atoms with Crippen LogP contribution in [0.15, 0.2) is 37.4 Å². The third kappa shape index (κ3) is 4.14. The number of hydrogen-bond donors (Lipinski definition) is 0. The van der Waals surface area contributed by atoms with Gasteiger partial charge in [0.15, 0.2) is 0 Å². The predicted octanol–water partition coefficient (Wildman–Crippen LogP) is 5.14. The number of benzene rings is 1. The fourth-order valence-electron chi connectivity index (χ4n) is 1.50. The molecular formula is C16H22AmN-. The number of fused-ring (bicyclic) bond motifs is 1. The Balaban J connectivity index is 0. The molecule has 1 aromatic heterocycles. The Kier molecular flexibility index (Phi) is 11.3. The van der Waals surface area contributed by atoms with E-state index in [1.807, 2.05) is 58.0 Å². The molecule has 99 valence electrons. The van der Waals surface area contributed by atoms with E-state index < -0.39 is 0 Å². The van der Waals surface area contributed by atoms with Gasteiger partial charge in [0.05, 0.1) is 0 Å². The summed E-state index contributed by atoms with van der Waals surface area (Å²) in [5, 5.41) is 1.15. The largest absolute Gasteiger partial charge is 0.657 e. The Bertz CT molecular complexity index is 469. The van der Waals surface area contributed by atoms with E-state index in [9.17, 15) is 0 Å². The smallest absolute Gasteiger partial charge is 0 e. The third-order valence-electron chi connectivity index (χ3n) is 2.11. The molecular weight excluding hydrogens is 449 g/mol. The molecule has 0 atom stereocenters. The number of hydrogen-bond acceptors (Lipinski definition) is 0. The average Bonchev–Trinajstić information content (AvgIpc) is 2.80. The molecule has 2 heteroatoms. The van der Waals surface area contributed by atoms with Crippen LogP contribution < -0.4 is 4.98 Å². The molecule has 0 aliphatic rings. The number of nitrogens with zero attached hydrogens (tertiary/aromatic N) is 1. The first-order chi connectivity index (χ1) is 8.36. The molecule has 0 saturated carbocycles. The summed E-state index contributed by atoms with van der Waals surface area (Å²) in [5.41, 5.74) is 2.99. The van der Waals surface area contributed by atoms with Crippen LogP contribution in [-0.2, 0) is 0 Å². The zero-order valence-corrected chi connectivity index (χ0v) is 14.9. The van der Waals surface area contributed by atoms with Gasteiger partial charge < -0.3 is 4.98 Å². The summed E-state index contributed by atoms with van der Waals surface area (Å²) in [4.78, 5) is 4.41. The Hall–Kier alpha value is -1.37. The van der Waals surface area contributed by atoms with Crippen molar-refractivity contribution in [2.75, 3.05) is 0 Å². The Morgan fingerprint density at radius 3 is 2.00 bits per heavy atom. The van der Waals surface area contributed by atoms with Crippen molar-refractivity contribution in [1.29, 1.82) is 0 Å².